The normalized spacial score (nSPS) is 21.1. The molecule has 0 unspecified atom stereocenters. The molecule has 0 amide bonds. The molecule has 1 aromatic rings. The molecule has 5 nitrogen and oxygen atoms in total. The fourth-order valence-electron chi connectivity index (χ4n) is 4.00. The maximum absolute atomic E-state index is 11.0. The summed E-state index contributed by atoms with van der Waals surface area (Å²) in [5.41, 5.74) is 1.16. The molecule has 0 N–H and O–H groups in total. The maximum atomic E-state index is 11.0. The molecule has 0 radical (unpaired) electrons. The number of hydrogen-bond donors (Lipinski definition) is 0. The zero-order chi connectivity index (χ0) is 15.5. The Kier molecular flexibility index (Phi) is 4.62. The number of hydrogen-bond acceptors (Lipinski definition) is 4. The van der Waals surface area contributed by atoms with Gasteiger partial charge in [-0.2, -0.15) is 0 Å². The van der Waals surface area contributed by atoms with Gasteiger partial charge in [-0.15, -0.1) is 0 Å². The second kappa shape index (κ2) is 6.65. The molecule has 0 atom stereocenters. The summed E-state index contributed by atoms with van der Waals surface area (Å²) in [4.78, 5) is 13.3. The summed E-state index contributed by atoms with van der Waals surface area (Å²) < 4.78 is 5.42. The second-order valence-corrected chi connectivity index (χ2v) is 6.43. The Morgan fingerprint density at radius 2 is 1.86 bits per heavy atom. The van der Waals surface area contributed by atoms with E-state index in [1.54, 1.807) is 19.2 Å². The first-order chi connectivity index (χ1) is 10.7. The molecule has 1 heterocycles. The third-order valence-corrected chi connectivity index (χ3v) is 5.23. The predicted molar refractivity (Wildman–Crippen MR) is 85.5 cm³/mol. The van der Waals surface area contributed by atoms with Gasteiger partial charge in [0.1, 0.15) is 5.75 Å². The van der Waals surface area contributed by atoms with Gasteiger partial charge in [-0.1, -0.05) is 12.8 Å². The summed E-state index contributed by atoms with van der Waals surface area (Å²) in [6, 6.07) is 5.73. The van der Waals surface area contributed by atoms with E-state index in [2.05, 4.69) is 4.90 Å². The van der Waals surface area contributed by atoms with Crippen molar-refractivity contribution in [3.63, 3.8) is 0 Å². The van der Waals surface area contributed by atoms with Gasteiger partial charge in [0, 0.05) is 23.7 Å². The Morgan fingerprint density at radius 3 is 2.45 bits per heavy atom. The molecule has 5 heteroatoms. The van der Waals surface area contributed by atoms with Crippen LogP contribution in [0.4, 0.5) is 5.69 Å². The van der Waals surface area contributed by atoms with Gasteiger partial charge in [0.15, 0.2) is 0 Å². The molecule has 120 valence electrons. The summed E-state index contributed by atoms with van der Waals surface area (Å²) in [6.07, 6.45) is 7.53. The molecule has 1 saturated heterocycles. The highest BCUT2D eigenvalue weighted by molar-refractivity contribution is 5.45. The number of ether oxygens (including phenoxy) is 1. The van der Waals surface area contributed by atoms with Gasteiger partial charge in [0.05, 0.1) is 12.0 Å². The van der Waals surface area contributed by atoms with Crippen molar-refractivity contribution in [2.75, 3.05) is 20.2 Å². The van der Waals surface area contributed by atoms with Gasteiger partial charge >= 0.3 is 0 Å². The number of rotatable bonds is 4. The summed E-state index contributed by atoms with van der Waals surface area (Å²) in [5, 5.41) is 11.0. The van der Waals surface area contributed by atoms with Crippen molar-refractivity contribution in [1.29, 1.82) is 0 Å². The second-order valence-electron chi connectivity index (χ2n) is 6.43. The quantitative estimate of drug-likeness (QED) is 0.628. The van der Waals surface area contributed by atoms with E-state index in [9.17, 15) is 10.1 Å². The SMILES string of the molecule is COc1ccc([N+](=O)[O-])cc1C1CCN(C2CCCC2)CC1. The third kappa shape index (κ3) is 3.09. The molecule has 0 bridgehead atoms. The molecule has 3 rings (SSSR count). The minimum absolute atomic E-state index is 0.161. The first-order valence-corrected chi connectivity index (χ1v) is 8.25. The lowest BCUT2D eigenvalue weighted by Crippen LogP contribution is -2.39. The van der Waals surface area contributed by atoms with E-state index in [-0.39, 0.29) is 10.6 Å². The number of methoxy groups -OCH3 is 1. The number of non-ortho nitro benzene ring substituents is 1. The molecule has 22 heavy (non-hydrogen) atoms. The lowest BCUT2D eigenvalue weighted by Gasteiger charge is -2.36. The number of nitrogens with zero attached hydrogens (tertiary/aromatic N) is 2. The van der Waals surface area contributed by atoms with E-state index in [4.69, 9.17) is 4.74 Å². The number of nitro groups is 1. The zero-order valence-electron chi connectivity index (χ0n) is 13.2. The van der Waals surface area contributed by atoms with Crippen LogP contribution in [0.1, 0.15) is 50.0 Å². The molecule has 1 aliphatic carbocycles. The van der Waals surface area contributed by atoms with E-state index in [0.717, 1.165) is 43.3 Å². The average molecular weight is 304 g/mol. The van der Waals surface area contributed by atoms with Crippen LogP contribution in [0.15, 0.2) is 18.2 Å². The third-order valence-electron chi connectivity index (χ3n) is 5.23. The van der Waals surface area contributed by atoms with Crippen molar-refractivity contribution in [2.24, 2.45) is 0 Å². The molecule has 0 spiro atoms. The lowest BCUT2D eigenvalue weighted by atomic mass is 9.88. The lowest BCUT2D eigenvalue weighted by molar-refractivity contribution is -0.385. The van der Waals surface area contributed by atoms with Crippen LogP contribution in [-0.2, 0) is 0 Å². The van der Waals surface area contributed by atoms with Gasteiger partial charge in [0.25, 0.3) is 5.69 Å². The van der Waals surface area contributed by atoms with Gasteiger partial charge in [0.2, 0.25) is 0 Å². The molecule has 2 aliphatic rings. The number of benzene rings is 1. The maximum Gasteiger partial charge on any atom is 0.269 e. The Hall–Kier alpha value is -1.62. The van der Waals surface area contributed by atoms with Crippen LogP contribution in [-0.4, -0.2) is 36.1 Å². The van der Waals surface area contributed by atoms with Gasteiger partial charge in [-0.05, 0) is 50.8 Å². The van der Waals surface area contributed by atoms with Crippen LogP contribution in [0.25, 0.3) is 0 Å². The van der Waals surface area contributed by atoms with Crippen molar-refractivity contribution < 1.29 is 9.66 Å². The minimum Gasteiger partial charge on any atom is -0.496 e. The smallest absolute Gasteiger partial charge is 0.269 e. The number of nitro benzene ring substituents is 1. The summed E-state index contributed by atoms with van der Waals surface area (Å²) >= 11 is 0. The minimum atomic E-state index is -0.323. The van der Waals surface area contributed by atoms with Crippen molar-refractivity contribution in [3.8, 4) is 5.75 Å². The fraction of sp³-hybridized carbons (Fsp3) is 0.647. The Balaban J connectivity index is 1.72. The van der Waals surface area contributed by atoms with Crippen LogP contribution in [0, 0.1) is 10.1 Å². The van der Waals surface area contributed by atoms with Crippen molar-refractivity contribution in [1.82, 2.24) is 4.90 Å². The first kappa shape index (κ1) is 15.3. The topological polar surface area (TPSA) is 55.6 Å². The van der Waals surface area contributed by atoms with E-state index >= 15 is 0 Å². The van der Waals surface area contributed by atoms with Gasteiger partial charge < -0.3 is 9.64 Å². The standard InChI is InChI=1S/C17H24N2O3/c1-22-17-7-6-15(19(20)21)12-16(17)13-8-10-18(11-9-13)14-4-2-3-5-14/h6-7,12-14H,2-5,8-11H2,1H3. The highest BCUT2D eigenvalue weighted by Crippen LogP contribution is 2.38. The number of piperidine rings is 1. The van der Waals surface area contributed by atoms with Crippen molar-refractivity contribution in [2.45, 2.75) is 50.5 Å². The Labute approximate surface area is 131 Å². The molecule has 1 aromatic carbocycles. The largest absolute Gasteiger partial charge is 0.496 e. The average Bonchev–Trinajstić information content (AvgIpc) is 3.09. The van der Waals surface area contributed by atoms with E-state index in [1.807, 2.05) is 0 Å². The van der Waals surface area contributed by atoms with Crippen LogP contribution in [0.3, 0.4) is 0 Å². The molecule has 1 saturated carbocycles. The van der Waals surface area contributed by atoms with E-state index < -0.39 is 0 Å². The molecular formula is C17H24N2O3. The van der Waals surface area contributed by atoms with Crippen LogP contribution < -0.4 is 4.74 Å². The highest BCUT2D eigenvalue weighted by atomic mass is 16.6. The summed E-state index contributed by atoms with van der Waals surface area (Å²) in [6.45, 7) is 2.20. The van der Waals surface area contributed by atoms with Crippen LogP contribution >= 0.6 is 0 Å². The van der Waals surface area contributed by atoms with Gasteiger partial charge in [-0.3, -0.25) is 10.1 Å². The van der Waals surface area contributed by atoms with E-state index in [0.29, 0.717) is 5.92 Å². The molecule has 2 fully saturated rings. The molecular weight excluding hydrogens is 280 g/mol. The fourth-order valence-corrected chi connectivity index (χ4v) is 4.00. The first-order valence-electron chi connectivity index (χ1n) is 8.25. The summed E-state index contributed by atoms with van der Waals surface area (Å²) in [5.74, 6) is 1.15. The monoisotopic (exact) mass is 304 g/mol. The van der Waals surface area contributed by atoms with Crippen LogP contribution in [0.5, 0.6) is 5.75 Å². The molecule has 1 aliphatic heterocycles. The Bertz CT molecular complexity index is 533. The summed E-state index contributed by atoms with van der Waals surface area (Å²) in [7, 11) is 1.64. The van der Waals surface area contributed by atoms with Crippen molar-refractivity contribution in [3.05, 3.63) is 33.9 Å². The zero-order valence-corrected chi connectivity index (χ0v) is 13.2. The highest BCUT2D eigenvalue weighted by Gasteiger charge is 2.29. The predicted octanol–water partition coefficient (Wildman–Crippen LogP) is 3.73. The van der Waals surface area contributed by atoms with E-state index in [1.165, 1.54) is 31.7 Å². The van der Waals surface area contributed by atoms with Crippen molar-refractivity contribution >= 4 is 5.69 Å². The van der Waals surface area contributed by atoms with Gasteiger partial charge in [-0.25, -0.2) is 0 Å². The molecule has 0 aromatic heterocycles. The Morgan fingerprint density at radius 1 is 1.18 bits per heavy atom. The van der Waals surface area contributed by atoms with Crippen LogP contribution in [0.2, 0.25) is 0 Å². The number of likely N-dealkylation sites (tertiary alicyclic amines) is 1.